The van der Waals surface area contributed by atoms with E-state index in [2.05, 4.69) is 4.90 Å². The molecule has 0 aromatic heterocycles. The van der Waals surface area contributed by atoms with Crippen molar-refractivity contribution >= 4 is 0 Å². The highest BCUT2D eigenvalue weighted by molar-refractivity contribution is 4.88. The molecule has 1 heterocycles. The molecule has 0 spiro atoms. The number of aliphatic hydroxyl groups is 2. The Bertz CT molecular complexity index is 251. The lowest BCUT2D eigenvalue weighted by molar-refractivity contribution is -0.161. The first-order chi connectivity index (χ1) is 7.66. The van der Waals surface area contributed by atoms with Crippen LogP contribution in [0.2, 0.25) is 0 Å². The van der Waals surface area contributed by atoms with Crippen molar-refractivity contribution in [2.24, 2.45) is 5.92 Å². The van der Waals surface area contributed by atoms with Crippen LogP contribution in [0, 0.1) is 5.92 Å². The minimum atomic E-state index is -0.701. The van der Waals surface area contributed by atoms with Gasteiger partial charge in [0.05, 0.1) is 23.9 Å². The molecule has 2 unspecified atom stereocenters. The van der Waals surface area contributed by atoms with Gasteiger partial charge in [-0.2, -0.15) is 0 Å². The molecule has 1 saturated heterocycles. The minimum Gasteiger partial charge on any atom is -0.394 e. The maximum atomic E-state index is 10.3. The SMILES string of the molecule is CC(C)C(C)(O)CN1CC(CO)OC(C)(C)C1. The normalized spacial score (nSPS) is 29.3. The predicted octanol–water partition coefficient (Wildman–Crippen LogP) is 0.865. The van der Waals surface area contributed by atoms with Gasteiger partial charge in [0.1, 0.15) is 0 Å². The van der Waals surface area contributed by atoms with E-state index in [1.807, 2.05) is 34.6 Å². The second-order valence-electron chi connectivity index (χ2n) is 6.36. The number of morpholine rings is 1. The highest BCUT2D eigenvalue weighted by atomic mass is 16.5. The van der Waals surface area contributed by atoms with Crippen LogP contribution < -0.4 is 0 Å². The van der Waals surface area contributed by atoms with Crippen molar-refractivity contribution in [2.75, 3.05) is 26.2 Å². The zero-order chi connectivity index (χ0) is 13.3. The zero-order valence-electron chi connectivity index (χ0n) is 11.7. The number of rotatable bonds is 4. The molecule has 17 heavy (non-hydrogen) atoms. The van der Waals surface area contributed by atoms with E-state index in [1.165, 1.54) is 0 Å². The number of hydrogen-bond acceptors (Lipinski definition) is 4. The summed E-state index contributed by atoms with van der Waals surface area (Å²) in [5, 5.41) is 19.6. The van der Waals surface area contributed by atoms with Crippen LogP contribution in [-0.4, -0.2) is 58.7 Å². The van der Waals surface area contributed by atoms with Gasteiger partial charge in [0.15, 0.2) is 0 Å². The molecule has 2 atom stereocenters. The Labute approximate surface area is 105 Å². The van der Waals surface area contributed by atoms with Gasteiger partial charge in [0, 0.05) is 19.6 Å². The summed E-state index contributed by atoms with van der Waals surface area (Å²) in [6.45, 7) is 12.1. The van der Waals surface area contributed by atoms with E-state index in [4.69, 9.17) is 4.74 Å². The van der Waals surface area contributed by atoms with Gasteiger partial charge in [0.2, 0.25) is 0 Å². The second kappa shape index (κ2) is 5.22. The largest absolute Gasteiger partial charge is 0.394 e. The fourth-order valence-corrected chi connectivity index (χ4v) is 2.27. The van der Waals surface area contributed by atoms with Crippen LogP contribution in [0.15, 0.2) is 0 Å². The molecule has 102 valence electrons. The van der Waals surface area contributed by atoms with Crippen molar-refractivity contribution < 1.29 is 14.9 Å². The third kappa shape index (κ3) is 4.21. The molecule has 1 aliphatic heterocycles. The molecule has 2 N–H and O–H groups in total. The lowest BCUT2D eigenvalue weighted by Gasteiger charge is -2.45. The lowest BCUT2D eigenvalue weighted by Crippen LogP contribution is -2.57. The van der Waals surface area contributed by atoms with Crippen LogP contribution in [0.4, 0.5) is 0 Å². The van der Waals surface area contributed by atoms with Crippen LogP contribution >= 0.6 is 0 Å². The Morgan fingerprint density at radius 2 is 2.06 bits per heavy atom. The standard InChI is InChI=1S/C13H27NO3/c1-10(2)13(5,16)9-14-6-11(7-15)17-12(3,4)8-14/h10-11,15-16H,6-9H2,1-5H3. The van der Waals surface area contributed by atoms with E-state index in [1.54, 1.807) is 0 Å². The summed E-state index contributed by atoms with van der Waals surface area (Å²) in [4.78, 5) is 2.18. The van der Waals surface area contributed by atoms with E-state index in [-0.39, 0.29) is 24.2 Å². The first-order valence-corrected chi connectivity index (χ1v) is 6.40. The summed E-state index contributed by atoms with van der Waals surface area (Å²) in [6.07, 6.45) is -0.151. The van der Waals surface area contributed by atoms with E-state index < -0.39 is 5.60 Å². The van der Waals surface area contributed by atoms with Gasteiger partial charge < -0.3 is 14.9 Å². The number of nitrogens with zero attached hydrogens (tertiary/aromatic N) is 1. The third-order valence-electron chi connectivity index (χ3n) is 3.54. The van der Waals surface area contributed by atoms with Gasteiger partial charge in [-0.15, -0.1) is 0 Å². The molecule has 1 rings (SSSR count). The molecule has 4 heteroatoms. The molecular formula is C13H27NO3. The molecule has 1 fully saturated rings. The fraction of sp³-hybridized carbons (Fsp3) is 1.00. The van der Waals surface area contributed by atoms with Gasteiger partial charge in [-0.1, -0.05) is 13.8 Å². The van der Waals surface area contributed by atoms with Crippen molar-refractivity contribution in [3.63, 3.8) is 0 Å². The summed E-state index contributed by atoms with van der Waals surface area (Å²) in [6, 6.07) is 0. The number of hydrogen-bond donors (Lipinski definition) is 2. The number of β-amino-alcohol motifs (C(OH)–C–C–N with tert-alkyl or cyclic N) is 1. The Balaban J connectivity index is 2.65. The molecule has 0 saturated carbocycles. The number of aliphatic hydroxyl groups excluding tert-OH is 1. The number of ether oxygens (including phenoxy) is 1. The van der Waals surface area contributed by atoms with Crippen LogP contribution in [0.3, 0.4) is 0 Å². The van der Waals surface area contributed by atoms with Gasteiger partial charge in [-0.05, 0) is 26.7 Å². The van der Waals surface area contributed by atoms with E-state index in [9.17, 15) is 10.2 Å². The summed E-state index contributed by atoms with van der Waals surface area (Å²) < 4.78 is 5.75. The highest BCUT2D eigenvalue weighted by Crippen LogP contribution is 2.24. The first kappa shape index (κ1) is 14.9. The van der Waals surface area contributed by atoms with Crippen molar-refractivity contribution in [3.05, 3.63) is 0 Å². The van der Waals surface area contributed by atoms with Gasteiger partial charge in [0.25, 0.3) is 0 Å². The van der Waals surface area contributed by atoms with Crippen LogP contribution in [0.1, 0.15) is 34.6 Å². The summed E-state index contributed by atoms with van der Waals surface area (Å²) >= 11 is 0. The topological polar surface area (TPSA) is 52.9 Å². The Morgan fingerprint density at radius 1 is 1.47 bits per heavy atom. The quantitative estimate of drug-likeness (QED) is 0.771. The second-order valence-corrected chi connectivity index (χ2v) is 6.36. The molecule has 0 aromatic carbocycles. The summed E-state index contributed by atoms with van der Waals surface area (Å²) in [5.41, 5.74) is -0.966. The molecule has 0 amide bonds. The summed E-state index contributed by atoms with van der Waals surface area (Å²) in [5.74, 6) is 0.209. The van der Waals surface area contributed by atoms with Gasteiger partial charge >= 0.3 is 0 Å². The van der Waals surface area contributed by atoms with Crippen molar-refractivity contribution in [1.29, 1.82) is 0 Å². The highest BCUT2D eigenvalue weighted by Gasteiger charge is 2.36. The molecule has 0 bridgehead atoms. The lowest BCUT2D eigenvalue weighted by atomic mass is 9.91. The van der Waals surface area contributed by atoms with Crippen molar-refractivity contribution in [3.8, 4) is 0 Å². The Hall–Kier alpha value is -0.160. The smallest absolute Gasteiger partial charge is 0.0940 e. The van der Waals surface area contributed by atoms with Crippen LogP contribution in [0.5, 0.6) is 0 Å². The average Bonchev–Trinajstić information content (AvgIpc) is 2.13. The molecule has 0 aromatic rings. The average molecular weight is 245 g/mol. The first-order valence-electron chi connectivity index (χ1n) is 6.40. The Morgan fingerprint density at radius 3 is 2.53 bits per heavy atom. The monoisotopic (exact) mass is 245 g/mol. The molecule has 1 aliphatic rings. The molecule has 4 nitrogen and oxygen atoms in total. The minimum absolute atomic E-state index is 0.0315. The fourth-order valence-electron chi connectivity index (χ4n) is 2.27. The molecular weight excluding hydrogens is 218 g/mol. The maximum Gasteiger partial charge on any atom is 0.0940 e. The van der Waals surface area contributed by atoms with E-state index >= 15 is 0 Å². The zero-order valence-corrected chi connectivity index (χ0v) is 11.7. The van der Waals surface area contributed by atoms with Gasteiger partial charge in [-0.3, -0.25) is 4.90 Å². The van der Waals surface area contributed by atoms with Crippen molar-refractivity contribution in [1.82, 2.24) is 4.90 Å². The van der Waals surface area contributed by atoms with Crippen molar-refractivity contribution in [2.45, 2.75) is 51.9 Å². The van der Waals surface area contributed by atoms with E-state index in [0.29, 0.717) is 13.1 Å². The molecule has 0 radical (unpaired) electrons. The predicted molar refractivity (Wildman–Crippen MR) is 67.9 cm³/mol. The van der Waals surface area contributed by atoms with Gasteiger partial charge in [-0.25, -0.2) is 0 Å². The Kier molecular flexibility index (Phi) is 4.58. The third-order valence-corrected chi connectivity index (χ3v) is 3.54. The summed E-state index contributed by atoms with van der Waals surface area (Å²) in [7, 11) is 0. The molecule has 0 aliphatic carbocycles. The van der Waals surface area contributed by atoms with Crippen LogP contribution in [0.25, 0.3) is 0 Å². The maximum absolute atomic E-state index is 10.3. The van der Waals surface area contributed by atoms with E-state index in [0.717, 1.165) is 6.54 Å². The van der Waals surface area contributed by atoms with Crippen LogP contribution in [-0.2, 0) is 4.74 Å².